The molecular formula is C14H23BrN4O2. The summed E-state index contributed by atoms with van der Waals surface area (Å²) in [4.78, 5) is 14.4. The van der Waals surface area contributed by atoms with E-state index in [1.807, 2.05) is 7.05 Å². The average Bonchev–Trinajstić information content (AvgIpc) is 2.51. The van der Waals surface area contributed by atoms with Gasteiger partial charge in [-0.05, 0) is 54.7 Å². The summed E-state index contributed by atoms with van der Waals surface area (Å²) in [5.41, 5.74) is 0.681. The third kappa shape index (κ3) is 4.05. The summed E-state index contributed by atoms with van der Waals surface area (Å²) in [5.74, 6) is 0.759. The summed E-state index contributed by atoms with van der Waals surface area (Å²) in [5, 5.41) is 16.3. The molecule has 7 heteroatoms. The van der Waals surface area contributed by atoms with Crippen LogP contribution in [-0.2, 0) is 6.54 Å². The molecule has 118 valence electrons. The molecule has 0 spiro atoms. The second-order valence-electron chi connectivity index (χ2n) is 5.42. The van der Waals surface area contributed by atoms with Gasteiger partial charge >= 0.3 is 0 Å². The van der Waals surface area contributed by atoms with Crippen LogP contribution in [0.2, 0.25) is 0 Å². The Morgan fingerprint density at radius 1 is 1.48 bits per heavy atom. The van der Waals surface area contributed by atoms with Crippen LogP contribution in [0.25, 0.3) is 0 Å². The Morgan fingerprint density at radius 3 is 2.81 bits per heavy atom. The molecule has 0 aromatic carbocycles. The molecule has 0 amide bonds. The Kier molecular flexibility index (Phi) is 6.20. The fourth-order valence-corrected chi connectivity index (χ4v) is 3.30. The van der Waals surface area contributed by atoms with Crippen molar-refractivity contribution >= 4 is 21.6 Å². The second kappa shape index (κ2) is 7.91. The van der Waals surface area contributed by atoms with Gasteiger partial charge in [0.2, 0.25) is 0 Å². The van der Waals surface area contributed by atoms with E-state index in [9.17, 15) is 4.79 Å². The van der Waals surface area contributed by atoms with Crippen molar-refractivity contribution in [2.45, 2.75) is 25.8 Å². The lowest BCUT2D eigenvalue weighted by atomic mass is 9.93. The first-order chi connectivity index (χ1) is 10.2. The van der Waals surface area contributed by atoms with Crippen LogP contribution >= 0.6 is 15.9 Å². The van der Waals surface area contributed by atoms with Crippen LogP contribution in [0.1, 0.15) is 19.3 Å². The number of rotatable bonds is 6. The number of nitrogens with zero attached hydrogens (tertiary/aromatic N) is 3. The monoisotopic (exact) mass is 358 g/mol. The lowest BCUT2D eigenvalue weighted by Gasteiger charge is -2.33. The Morgan fingerprint density at radius 2 is 2.19 bits per heavy atom. The number of hydrogen-bond acceptors (Lipinski definition) is 5. The average molecular weight is 359 g/mol. The first-order valence-corrected chi connectivity index (χ1v) is 8.22. The number of aromatic nitrogens is 2. The zero-order valence-electron chi connectivity index (χ0n) is 12.4. The highest BCUT2D eigenvalue weighted by molar-refractivity contribution is 9.10. The van der Waals surface area contributed by atoms with E-state index in [1.54, 1.807) is 6.20 Å². The van der Waals surface area contributed by atoms with E-state index in [1.165, 1.54) is 11.1 Å². The number of halogens is 1. The number of anilines is 1. The molecule has 0 saturated carbocycles. The van der Waals surface area contributed by atoms with E-state index in [2.05, 4.69) is 31.2 Å². The first kappa shape index (κ1) is 16.5. The van der Waals surface area contributed by atoms with Gasteiger partial charge < -0.3 is 15.3 Å². The number of nitrogens with one attached hydrogen (secondary N) is 1. The number of aliphatic hydroxyl groups is 1. The van der Waals surface area contributed by atoms with Gasteiger partial charge in [-0.2, -0.15) is 5.10 Å². The molecule has 21 heavy (non-hydrogen) atoms. The SMILES string of the molecule is CNCCC1CCN(c2cnn(CCO)c(=O)c2Br)CC1. The Balaban J connectivity index is 2.03. The quantitative estimate of drug-likeness (QED) is 0.787. The lowest BCUT2D eigenvalue weighted by Crippen LogP contribution is -2.36. The van der Waals surface area contributed by atoms with E-state index in [4.69, 9.17) is 5.11 Å². The van der Waals surface area contributed by atoms with E-state index >= 15 is 0 Å². The molecule has 1 aliphatic heterocycles. The minimum atomic E-state index is -0.182. The minimum absolute atomic E-state index is 0.0877. The molecule has 0 atom stereocenters. The molecule has 0 aliphatic carbocycles. The number of hydrogen-bond donors (Lipinski definition) is 2. The van der Waals surface area contributed by atoms with Crippen molar-refractivity contribution in [3.05, 3.63) is 21.0 Å². The molecule has 1 fully saturated rings. The molecule has 1 aromatic rings. The van der Waals surface area contributed by atoms with Gasteiger partial charge in [-0.1, -0.05) is 0 Å². The molecule has 0 bridgehead atoms. The maximum Gasteiger partial charge on any atom is 0.283 e. The molecule has 2 N–H and O–H groups in total. The number of aliphatic hydroxyl groups excluding tert-OH is 1. The summed E-state index contributed by atoms with van der Waals surface area (Å²) >= 11 is 3.39. The van der Waals surface area contributed by atoms with Crippen molar-refractivity contribution in [2.24, 2.45) is 5.92 Å². The largest absolute Gasteiger partial charge is 0.394 e. The molecule has 2 heterocycles. The molecule has 1 aromatic heterocycles. The van der Waals surface area contributed by atoms with Crippen LogP contribution < -0.4 is 15.8 Å². The zero-order valence-corrected chi connectivity index (χ0v) is 14.0. The van der Waals surface area contributed by atoms with Crippen molar-refractivity contribution < 1.29 is 5.11 Å². The van der Waals surface area contributed by atoms with Crippen molar-refractivity contribution in [2.75, 3.05) is 38.2 Å². The Hall–Kier alpha value is -0.920. The molecule has 1 aliphatic rings. The van der Waals surface area contributed by atoms with Crippen LogP contribution in [0.15, 0.2) is 15.5 Å². The normalized spacial score (nSPS) is 16.4. The summed E-state index contributed by atoms with van der Waals surface area (Å²) < 4.78 is 1.83. The van der Waals surface area contributed by atoms with Gasteiger partial charge in [0.05, 0.1) is 25.0 Å². The molecule has 0 radical (unpaired) electrons. The molecular weight excluding hydrogens is 336 g/mol. The Bertz CT molecular complexity index is 512. The zero-order chi connectivity index (χ0) is 15.2. The second-order valence-corrected chi connectivity index (χ2v) is 6.21. The minimum Gasteiger partial charge on any atom is -0.394 e. The third-order valence-electron chi connectivity index (χ3n) is 4.04. The van der Waals surface area contributed by atoms with Crippen molar-refractivity contribution in [3.63, 3.8) is 0 Å². The summed E-state index contributed by atoms with van der Waals surface area (Å²) in [7, 11) is 1.99. The topological polar surface area (TPSA) is 70.4 Å². The third-order valence-corrected chi connectivity index (χ3v) is 4.78. The maximum absolute atomic E-state index is 12.1. The van der Waals surface area contributed by atoms with E-state index in [-0.39, 0.29) is 18.7 Å². The predicted molar refractivity (Wildman–Crippen MR) is 86.8 cm³/mol. The lowest BCUT2D eigenvalue weighted by molar-refractivity contribution is 0.266. The van der Waals surface area contributed by atoms with Gasteiger partial charge in [0, 0.05) is 13.1 Å². The van der Waals surface area contributed by atoms with Crippen LogP contribution in [0, 0.1) is 5.92 Å². The highest BCUT2D eigenvalue weighted by Crippen LogP contribution is 2.28. The summed E-state index contributed by atoms with van der Waals surface area (Å²) in [6, 6.07) is 0. The van der Waals surface area contributed by atoms with Gasteiger partial charge in [0.1, 0.15) is 4.47 Å². The highest BCUT2D eigenvalue weighted by Gasteiger charge is 2.22. The van der Waals surface area contributed by atoms with Gasteiger partial charge in [-0.15, -0.1) is 0 Å². The van der Waals surface area contributed by atoms with Crippen LogP contribution in [0.3, 0.4) is 0 Å². The molecule has 0 unspecified atom stereocenters. The number of piperidine rings is 1. The highest BCUT2D eigenvalue weighted by atomic mass is 79.9. The van der Waals surface area contributed by atoms with Gasteiger partial charge in [0.25, 0.3) is 5.56 Å². The van der Waals surface area contributed by atoms with E-state index < -0.39 is 0 Å². The smallest absolute Gasteiger partial charge is 0.283 e. The Labute approximate surface area is 133 Å². The summed E-state index contributed by atoms with van der Waals surface area (Å²) in [6.45, 7) is 3.11. The van der Waals surface area contributed by atoms with E-state index in [0.29, 0.717) is 4.47 Å². The van der Waals surface area contributed by atoms with Crippen molar-refractivity contribution in [1.82, 2.24) is 15.1 Å². The molecule has 2 rings (SSSR count). The summed E-state index contributed by atoms with van der Waals surface area (Å²) in [6.07, 6.45) is 5.22. The fraction of sp³-hybridized carbons (Fsp3) is 0.714. The predicted octanol–water partition coefficient (Wildman–Crippen LogP) is 0.824. The van der Waals surface area contributed by atoms with Crippen LogP contribution in [0.5, 0.6) is 0 Å². The van der Waals surface area contributed by atoms with E-state index in [0.717, 1.165) is 44.1 Å². The van der Waals surface area contributed by atoms with Gasteiger partial charge in [0.15, 0.2) is 0 Å². The van der Waals surface area contributed by atoms with Crippen LogP contribution in [-0.4, -0.2) is 48.2 Å². The van der Waals surface area contributed by atoms with Gasteiger partial charge in [-0.25, -0.2) is 4.68 Å². The van der Waals surface area contributed by atoms with Crippen molar-refractivity contribution in [1.29, 1.82) is 0 Å². The standard InChI is InChI=1S/C14H23BrN4O2/c1-16-5-2-11-3-6-18(7-4-11)12-10-17-19(8-9-20)14(21)13(12)15/h10-11,16,20H,2-9H2,1H3. The maximum atomic E-state index is 12.1. The molecule has 6 nitrogen and oxygen atoms in total. The molecule has 1 saturated heterocycles. The van der Waals surface area contributed by atoms with Gasteiger partial charge in [-0.3, -0.25) is 4.79 Å². The van der Waals surface area contributed by atoms with Crippen LogP contribution in [0.4, 0.5) is 5.69 Å². The van der Waals surface area contributed by atoms with Crippen molar-refractivity contribution in [3.8, 4) is 0 Å². The first-order valence-electron chi connectivity index (χ1n) is 7.43. The fourth-order valence-electron chi connectivity index (χ4n) is 2.74.